The zero-order valence-corrected chi connectivity index (χ0v) is 14.3. The van der Waals surface area contributed by atoms with Gasteiger partial charge in [-0.2, -0.15) is 5.26 Å². The summed E-state index contributed by atoms with van der Waals surface area (Å²) in [5.74, 6) is 0.0841. The van der Waals surface area contributed by atoms with Gasteiger partial charge in [0.15, 0.2) is 5.78 Å². The third kappa shape index (κ3) is 6.23. The maximum Gasteiger partial charge on any atom is 0.164 e. The SMILES string of the molecule is CN(C)CCC(=O)c1cccc(C#N)c1.Cl.c1ccc2c(c1)C2. The van der Waals surface area contributed by atoms with Crippen LogP contribution in [-0.4, -0.2) is 31.3 Å². The first-order valence-corrected chi connectivity index (χ1v) is 7.35. The summed E-state index contributed by atoms with van der Waals surface area (Å²) < 4.78 is 0. The summed E-state index contributed by atoms with van der Waals surface area (Å²) in [6.45, 7) is 0.732. The molecule has 1 aliphatic rings. The number of benzene rings is 2. The van der Waals surface area contributed by atoms with Gasteiger partial charge in [-0.3, -0.25) is 4.79 Å². The second-order valence-electron chi connectivity index (χ2n) is 5.61. The van der Waals surface area contributed by atoms with E-state index in [1.807, 2.05) is 25.1 Å². The van der Waals surface area contributed by atoms with Gasteiger partial charge >= 0.3 is 0 Å². The van der Waals surface area contributed by atoms with Crippen molar-refractivity contribution in [3.63, 3.8) is 0 Å². The lowest BCUT2D eigenvalue weighted by Crippen LogP contribution is -2.16. The molecule has 0 saturated heterocycles. The molecule has 0 heterocycles. The number of hydrogen-bond acceptors (Lipinski definition) is 3. The molecule has 0 N–H and O–H groups in total. The van der Waals surface area contributed by atoms with Crippen molar-refractivity contribution >= 4 is 18.2 Å². The molecule has 0 atom stereocenters. The highest BCUT2D eigenvalue weighted by atomic mass is 35.5. The molecule has 0 aromatic heterocycles. The fourth-order valence-corrected chi connectivity index (χ4v) is 2.07. The molecule has 120 valence electrons. The highest BCUT2D eigenvalue weighted by Gasteiger charge is 2.12. The zero-order chi connectivity index (χ0) is 15.9. The summed E-state index contributed by atoms with van der Waals surface area (Å²) in [5.41, 5.74) is 4.21. The molecule has 0 saturated carbocycles. The lowest BCUT2D eigenvalue weighted by Gasteiger charge is -2.08. The van der Waals surface area contributed by atoms with Gasteiger partial charge in [0.05, 0.1) is 11.6 Å². The first-order chi connectivity index (χ1) is 10.6. The second kappa shape index (κ2) is 9.09. The number of nitriles is 1. The Kier molecular flexibility index (Phi) is 7.47. The predicted octanol–water partition coefficient (Wildman–Crippen LogP) is 3.71. The Balaban J connectivity index is 0.000000273. The van der Waals surface area contributed by atoms with Crippen molar-refractivity contribution < 1.29 is 4.79 Å². The van der Waals surface area contributed by atoms with E-state index in [0.717, 1.165) is 6.54 Å². The highest BCUT2D eigenvalue weighted by molar-refractivity contribution is 5.96. The maximum absolute atomic E-state index is 11.7. The Bertz CT molecular complexity index is 684. The van der Waals surface area contributed by atoms with Crippen LogP contribution in [0.3, 0.4) is 0 Å². The number of ketones is 1. The third-order valence-corrected chi connectivity index (χ3v) is 3.47. The topological polar surface area (TPSA) is 44.1 Å². The van der Waals surface area contributed by atoms with Gasteiger partial charge < -0.3 is 4.90 Å². The fourth-order valence-electron chi connectivity index (χ4n) is 2.07. The predicted molar refractivity (Wildman–Crippen MR) is 95.2 cm³/mol. The first kappa shape index (κ1) is 18.9. The minimum Gasteiger partial charge on any atom is -0.309 e. The maximum atomic E-state index is 11.7. The summed E-state index contributed by atoms with van der Waals surface area (Å²) in [7, 11) is 3.86. The molecule has 3 rings (SSSR count). The average molecular weight is 329 g/mol. The Morgan fingerprint density at radius 2 is 1.78 bits per heavy atom. The van der Waals surface area contributed by atoms with Crippen molar-refractivity contribution in [2.24, 2.45) is 0 Å². The molecule has 0 spiro atoms. The van der Waals surface area contributed by atoms with Crippen molar-refractivity contribution in [2.75, 3.05) is 20.6 Å². The Morgan fingerprint density at radius 3 is 2.30 bits per heavy atom. The van der Waals surface area contributed by atoms with Gasteiger partial charge in [-0.1, -0.05) is 36.4 Å². The van der Waals surface area contributed by atoms with E-state index in [-0.39, 0.29) is 18.2 Å². The average Bonchev–Trinajstić information content (AvgIpc) is 3.32. The molecule has 0 amide bonds. The summed E-state index contributed by atoms with van der Waals surface area (Å²) in [6, 6.07) is 17.4. The largest absolute Gasteiger partial charge is 0.309 e. The van der Waals surface area contributed by atoms with Gasteiger partial charge in [-0.25, -0.2) is 0 Å². The first-order valence-electron chi connectivity index (χ1n) is 7.35. The van der Waals surface area contributed by atoms with Gasteiger partial charge in [0.25, 0.3) is 0 Å². The Morgan fingerprint density at radius 1 is 1.13 bits per heavy atom. The van der Waals surface area contributed by atoms with Crippen LogP contribution in [0.25, 0.3) is 0 Å². The number of carbonyl (C=O) groups is 1. The standard InChI is InChI=1S/C12H14N2O.C7H6.ClH/c1-14(2)7-6-12(15)11-5-3-4-10(8-11)9-13;1-2-4-7-5-6(7)3-1;/h3-5,8H,6-7H2,1-2H3;1-4H,5H2;1H. The van der Waals surface area contributed by atoms with E-state index in [0.29, 0.717) is 17.5 Å². The molecule has 4 heteroatoms. The highest BCUT2D eigenvalue weighted by Crippen LogP contribution is 2.25. The molecule has 0 fully saturated rings. The molecule has 0 aliphatic heterocycles. The smallest absolute Gasteiger partial charge is 0.164 e. The molecule has 23 heavy (non-hydrogen) atoms. The van der Waals surface area contributed by atoms with Crippen LogP contribution in [0, 0.1) is 11.3 Å². The van der Waals surface area contributed by atoms with Gasteiger partial charge in [-0.05, 0) is 43.8 Å². The Labute approximate surface area is 144 Å². The van der Waals surface area contributed by atoms with E-state index in [4.69, 9.17) is 5.26 Å². The zero-order valence-electron chi connectivity index (χ0n) is 13.5. The van der Waals surface area contributed by atoms with Crippen molar-refractivity contribution in [1.29, 1.82) is 5.26 Å². The second-order valence-corrected chi connectivity index (χ2v) is 5.61. The summed E-state index contributed by atoms with van der Waals surface area (Å²) in [6.07, 6.45) is 1.73. The van der Waals surface area contributed by atoms with Crippen LogP contribution >= 0.6 is 12.4 Å². The van der Waals surface area contributed by atoms with E-state index in [2.05, 4.69) is 24.3 Å². The van der Waals surface area contributed by atoms with Crippen LogP contribution in [0.15, 0.2) is 48.5 Å². The number of nitrogens with zero attached hydrogens (tertiary/aromatic N) is 2. The van der Waals surface area contributed by atoms with Crippen molar-refractivity contribution in [1.82, 2.24) is 4.90 Å². The monoisotopic (exact) mass is 328 g/mol. The van der Waals surface area contributed by atoms with Gasteiger partial charge in [0, 0.05) is 18.5 Å². The van der Waals surface area contributed by atoms with Crippen molar-refractivity contribution in [3.8, 4) is 6.07 Å². The molecule has 2 aromatic rings. The molecule has 3 nitrogen and oxygen atoms in total. The van der Waals surface area contributed by atoms with Crippen LogP contribution in [-0.2, 0) is 6.42 Å². The molecular formula is C19H21ClN2O. The lowest BCUT2D eigenvalue weighted by molar-refractivity contribution is 0.0972. The molecule has 0 radical (unpaired) electrons. The van der Waals surface area contributed by atoms with E-state index in [9.17, 15) is 4.79 Å². The van der Waals surface area contributed by atoms with E-state index in [1.54, 1.807) is 24.3 Å². The molecule has 1 aliphatic carbocycles. The number of rotatable bonds is 4. The third-order valence-electron chi connectivity index (χ3n) is 3.47. The minimum atomic E-state index is 0. The van der Waals surface area contributed by atoms with Crippen LogP contribution in [0.1, 0.15) is 33.5 Å². The van der Waals surface area contributed by atoms with Crippen molar-refractivity contribution in [3.05, 3.63) is 70.8 Å². The van der Waals surface area contributed by atoms with E-state index in [1.165, 1.54) is 17.5 Å². The summed E-state index contributed by atoms with van der Waals surface area (Å²) >= 11 is 0. The summed E-state index contributed by atoms with van der Waals surface area (Å²) in [4.78, 5) is 13.6. The molecule has 0 unspecified atom stereocenters. The van der Waals surface area contributed by atoms with Crippen LogP contribution in [0.2, 0.25) is 0 Å². The van der Waals surface area contributed by atoms with Gasteiger partial charge in [0.1, 0.15) is 0 Å². The fraction of sp³-hybridized carbons (Fsp3) is 0.263. The van der Waals surface area contributed by atoms with E-state index < -0.39 is 0 Å². The lowest BCUT2D eigenvalue weighted by atomic mass is 10.1. The molecular weight excluding hydrogens is 308 g/mol. The number of halogens is 1. The van der Waals surface area contributed by atoms with Crippen molar-refractivity contribution in [2.45, 2.75) is 12.8 Å². The Hall–Kier alpha value is -2.15. The van der Waals surface area contributed by atoms with Crippen LogP contribution in [0.5, 0.6) is 0 Å². The molecule has 2 aromatic carbocycles. The quantitative estimate of drug-likeness (QED) is 0.686. The van der Waals surface area contributed by atoms with E-state index >= 15 is 0 Å². The molecule has 0 bridgehead atoms. The summed E-state index contributed by atoms with van der Waals surface area (Å²) in [5, 5.41) is 8.69. The van der Waals surface area contributed by atoms with Gasteiger partial charge in [0.2, 0.25) is 0 Å². The van der Waals surface area contributed by atoms with Gasteiger partial charge in [-0.15, -0.1) is 12.4 Å². The number of carbonyl (C=O) groups excluding carboxylic acids is 1. The normalized spacial score (nSPS) is 10.5. The van der Waals surface area contributed by atoms with Crippen LogP contribution < -0.4 is 0 Å². The number of Topliss-reactive ketones (excluding diaryl/α,β-unsaturated/α-hetero) is 1. The number of fused-ring (bicyclic) bond motifs is 1. The van der Waals surface area contributed by atoms with Crippen LogP contribution in [0.4, 0.5) is 0 Å². The number of hydrogen-bond donors (Lipinski definition) is 0. The minimum absolute atomic E-state index is 0.